The number of likely N-dealkylation sites (N-methyl/N-ethyl adjacent to an activating group) is 1. The maximum Gasteiger partial charge on any atom is 0.110 e. The molecular weight excluding hydrogens is 268 g/mol. The lowest BCUT2D eigenvalue weighted by molar-refractivity contribution is 0.0552. The van der Waals surface area contributed by atoms with E-state index >= 15 is 0 Å². The van der Waals surface area contributed by atoms with Crippen LogP contribution >= 0.6 is 22.9 Å². The van der Waals surface area contributed by atoms with Crippen LogP contribution in [0.5, 0.6) is 0 Å². The highest BCUT2D eigenvalue weighted by Crippen LogP contribution is 2.26. The third-order valence-electron chi connectivity index (χ3n) is 2.81. The summed E-state index contributed by atoms with van der Waals surface area (Å²) < 4.78 is 5.59. The van der Waals surface area contributed by atoms with Gasteiger partial charge in [0.15, 0.2) is 0 Å². The molecule has 18 heavy (non-hydrogen) atoms. The normalized spacial score (nSPS) is 13.5. The molecule has 0 aliphatic carbocycles. The summed E-state index contributed by atoms with van der Waals surface area (Å²) in [5.74, 6) is 0.493. The first-order valence-electron chi connectivity index (χ1n) is 6.40. The Balaban J connectivity index is 2.53. The van der Waals surface area contributed by atoms with Crippen LogP contribution in [0.4, 0.5) is 0 Å². The molecule has 0 radical (unpaired) electrons. The molecule has 104 valence electrons. The van der Waals surface area contributed by atoms with Gasteiger partial charge >= 0.3 is 0 Å². The molecule has 0 saturated carbocycles. The van der Waals surface area contributed by atoms with Gasteiger partial charge < -0.3 is 4.74 Å². The highest BCUT2D eigenvalue weighted by atomic mass is 35.5. The molecule has 1 heterocycles. The van der Waals surface area contributed by atoms with Crippen molar-refractivity contribution in [3.63, 3.8) is 0 Å². The second-order valence-corrected chi connectivity index (χ2v) is 5.79. The van der Waals surface area contributed by atoms with E-state index < -0.39 is 0 Å². The Morgan fingerprint density at radius 2 is 2.22 bits per heavy atom. The zero-order valence-electron chi connectivity index (χ0n) is 11.6. The van der Waals surface area contributed by atoms with Gasteiger partial charge in [-0.3, -0.25) is 4.90 Å². The van der Waals surface area contributed by atoms with E-state index in [0.29, 0.717) is 18.0 Å². The molecule has 0 amide bonds. The van der Waals surface area contributed by atoms with Crippen molar-refractivity contribution in [2.24, 2.45) is 0 Å². The Morgan fingerprint density at radius 1 is 1.50 bits per heavy atom. The smallest absolute Gasteiger partial charge is 0.110 e. The van der Waals surface area contributed by atoms with Crippen molar-refractivity contribution in [1.82, 2.24) is 9.88 Å². The van der Waals surface area contributed by atoms with Gasteiger partial charge in [-0.2, -0.15) is 0 Å². The Bertz CT molecular complexity index is 343. The molecule has 0 N–H and O–H groups in total. The van der Waals surface area contributed by atoms with E-state index in [9.17, 15) is 0 Å². The van der Waals surface area contributed by atoms with Gasteiger partial charge in [-0.1, -0.05) is 6.92 Å². The molecule has 0 aromatic carbocycles. The molecule has 1 rings (SSSR count). The fraction of sp³-hybridized carbons (Fsp3) is 0.769. The predicted molar refractivity (Wildman–Crippen MR) is 78.4 cm³/mol. The number of nitrogens with zero attached hydrogens (tertiary/aromatic N) is 2. The largest absolute Gasteiger partial charge is 0.377 e. The lowest BCUT2D eigenvalue weighted by Crippen LogP contribution is -2.28. The predicted octanol–water partition coefficient (Wildman–Crippen LogP) is 3.69. The molecule has 0 saturated heterocycles. The standard InChI is InChI=1S/C13H23ClN2OS/c1-5-12(13-15-11(8-14)9-18-13)16(4)6-7-17-10(2)3/h9-10,12H,5-8H2,1-4H3. The summed E-state index contributed by atoms with van der Waals surface area (Å²) in [6, 6.07) is 0.364. The number of ether oxygens (including phenoxy) is 1. The van der Waals surface area contributed by atoms with Gasteiger partial charge in [-0.15, -0.1) is 22.9 Å². The average molecular weight is 291 g/mol. The lowest BCUT2D eigenvalue weighted by Gasteiger charge is -2.25. The first-order chi connectivity index (χ1) is 8.58. The maximum absolute atomic E-state index is 5.80. The summed E-state index contributed by atoms with van der Waals surface area (Å²) in [7, 11) is 2.12. The third-order valence-corrected chi connectivity index (χ3v) is 4.07. The Labute approximate surface area is 119 Å². The van der Waals surface area contributed by atoms with Gasteiger partial charge in [0, 0.05) is 11.9 Å². The van der Waals surface area contributed by atoms with Gasteiger partial charge in [-0.25, -0.2) is 4.98 Å². The van der Waals surface area contributed by atoms with Crippen LogP contribution < -0.4 is 0 Å². The van der Waals surface area contributed by atoms with Crippen molar-refractivity contribution < 1.29 is 4.74 Å². The highest BCUT2D eigenvalue weighted by molar-refractivity contribution is 7.09. The molecule has 1 atom stereocenters. The first kappa shape index (κ1) is 15.9. The second kappa shape index (κ2) is 8.10. The fourth-order valence-electron chi connectivity index (χ4n) is 1.80. The van der Waals surface area contributed by atoms with Crippen LogP contribution in [-0.2, 0) is 10.6 Å². The minimum Gasteiger partial charge on any atom is -0.377 e. The molecule has 0 aliphatic rings. The van der Waals surface area contributed by atoms with Crippen molar-refractivity contribution in [3.8, 4) is 0 Å². The van der Waals surface area contributed by atoms with Gasteiger partial charge in [0.05, 0.1) is 30.3 Å². The van der Waals surface area contributed by atoms with E-state index in [1.807, 2.05) is 5.38 Å². The molecule has 0 fully saturated rings. The van der Waals surface area contributed by atoms with Gasteiger partial charge in [0.1, 0.15) is 5.01 Å². The summed E-state index contributed by atoms with van der Waals surface area (Å²) in [4.78, 5) is 6.87. The highest BCUT2D eigenvalue weighted by Gasteiger charge is 2.18. The molecule has 1 aromatic heterocycles. The Morgan fingerprint density at radius 3 is 2.72 bits per heavy atom. The van der Waals surface area contributed by atoms with Crippen LogP contribution in [0.15, 0.2) is 5.38 Å². The lowest BCUT2D eigenvalue weighted by atomic mass is 10.2. The number of hydrogen-bond acceptors (Lipinski definition) is 4. The maximum atomic E-state index is 5.80. The molecule has 3 nitrogen and oxygen atoms in total. The average Bonchev–Trinajstić information content (AvgIpc) is 2.78. The fourth-order valence-corrected chi connectivity index (χ4v) is 3.10. The summed E-state index contributed by atoms with van der Waals surface area (Å²) >= 11 is 7.49. The third kappa shape index (κ3) is 4.84. The van der Waals surface area contributed by atoms with E-state index in [2.05, 4.69) is 37.7 Å². The first-order valence-corrected chi connectivity index (χ1v) is 7.82. The van der Waals surface area contributed by atoms with E-state index in [0.717, 1.165) is 30.3 Å². The molecule has 0 spiro atoms. The summed E-state index contributed by atoms with van der Waals surface area (Å²) in [5, 5.41) is 3.20. The molecular formula is C13H23ClN2OS. The van der Waals surface area contributed by atoms with Crippen LogP contribution in [0.25, 0.3) is 0 Å². The Hall–Kier alpha value is -0.160. The zero-order chi connectivity index (χ0) is 13.5. The summed E-state index contributed by atoms with van der Waals surface area (Å²) in [6.07, 6.45) is 1.34. The molecule has 0 bridgehead atoms. The van der Waals surface area contributed by atoms with Gasteiger partial charge in [0.2, 0.25) is 0 Å². The van der Waals surface area contributed by atoms with Crippen molar-refractivity contribution in [1.29, 1.82) is 0 Å². The van der Waals surface area contributed by atoms with Crippen LogP contribution in [0.2, 0.25) is 0 Å². The molecule has 0 aliphatic heterocycles. The SMILES string of the molecule is CCC(c1nc(CCl)cs1)N(C)CCOC(C)C. The Kier molecular flexibility index (Phi) is 7.15. The topological polar surface area (TPSA) is 25.4 Å². The van der Waals surface area contributed by atoms with E-state index in [1.54, 1.807) is 11.3 Å². The van der Waals surface area contributed by atoms with Crippen molar-refractivity contribution in [2.45, 2.75) is 45.2 Å². The van der Waals surface area contributed by atoms with E-state index in [-0.39, 0.29) is 0 Å². The van der Waals surface area contributed by atoms with Gasteiger partial charge in [-0.05, 0) is 27.3 Å². The van der Waals surface area contributed by atoms with E-state index in [1.165, 1.54) is 0 Å². The van der Waals surface area contributed by atoms with Crippen LogP contribution in [-0.4, -0.2) is 36.2 Å². The minimum atomic E-state index is 0.293. The zero-order valence-corrected chi connectivity index (χ0v) is 13.2. The van der Waals surface area contributed by atoms with Crippen molar-refractivity contribution >= 4 is 22.9 Å². The number of rotatable bonds is 8. The van der Waals surface area contributed by atoms with E-state index in [4.69, 9.17) is 16.3 Å². The minimum absolute atomic E-state index is 0.293. The summed E-state index contributed by atoms with van der Waals surface area (Å²) in [6.45, 7) is 7.99. The summed E-state index contributed by atoms with van der Waals surface area (Å²) in [5.41, 5.74) is 0.974. The molecule has 5 heteroatoms. The quantitative estimate of drug-likeness (QED) is 0.683. The van der Waals surface area contributed by atoms with Crippen LogP contribution in [0.3, 0.4) is 0 Å². The van der Waals surface area contributed by atoms with Gasteiger partial charge in [0.25, 0.3) is 0 Å². The monoisotopic (exact) mass is 290 g/mol. The van der Waals surface area contributed by atoms with Crippen molar-refractivity contribution in [2.75, 3.05) is 20.2 Å². The number of hydrogen-bond donors (Lipinski definition) is 0. The second-order valence-electron chi connectivity index (χ2n) is 4.63. The van der Waals surface area contributed by atoms with Crippen molar-refractivity contribution in [3.05, 3.63) is 16.1 Å². The number of alkyl halides is 1. The molecule has 1 aromatic rings. The number of aromatic nitrogens is 1. The number of halogens is 1. The molecule has 1 unspecified atom stereocenters. The van der Waals surface area contributed by atoms with Crippen LogP contribution in [0, 0.1) is 0 Å². The van der Waals surface area contributed by atoms with Crippen LogP contribution in [0.1, 0.15) is 43.9 Å². The number of thiazole rings is 1.